The number of carbonyl (C=O) groups excluding carboxylic acids is 1. The van der Waals surface area contributed by atoms with Crippen LogP contribution in [-0.2, 0) is 11.2 Å². The monoisotopic (exact) mass is 484 g/mol. The third-order valence-corrected chi connectivity index (χ3v) is 6.02. The van der Waals surface area contributed by atoms with Gasteiger partial charge in [-0.1, -0.05) is 65.8 Å². The summed E-state index contributed by atoms with van der Waals surface area (Å²) in [4.78, 5) is 19.4. The van der Waals surface area contributed by atoms with Crippen LogP contribution in [0.2, 0.25) is 0 Å². The van der Waals surface area contributed by atoms with Crippen LogP contribution in [0.3, 0.4) is 0 Å². The van der Waals surface area contributed by atoms with E-state index in [0.717, 1.165) is 27.7 Å². The smallest absolute Gasteiger partial charge is 0.247 e. The van der Waals surface area contributed by atoms with E-state index in [1.54, 1.807) is 4.90 Å². The first-order valence-electron chi connectivity index (χ1n) is 9.71. The van der Waals surface area contributed by atoms with Crippen LogP contribution in [0.15, 0.2) is 52.1 Å². The number of thioether (sulfide) groups is 1. The Balaban J connectivity index is 1.96. The SMILES string of the molecule is CCC(=O)N1c2ccc(Br)cc2-c2nnc(SC)nc2O[C@@H]1c1ccc(CC)cc1. The summed E-state index contributed by atoms with van der Waals surface area (Å²) < 4.78 is 7.25. The van der Waals surface area contributed by atoms with Crippen molar-refractivity contribution in [3.05, 3.63) is 58.1 Å². The van der Waals surface area contributed by atoms with Crippen LogP contribution in [0.1, 0.15) is 37.6 Å². The average Bonchev–Trinajstić information content (AvgIpc) is 2.92. The van der Waals surface area contributed by atoms with Gasteiger partial charge in [-0.2, -0.15) is 4.98 Å². The van der Waals surface area contributed by atoms with E-state index < -0.39 is 6.23 Å². The van der Waals surface area contributed by atoms with Crippen LogP contribution in [0.5, 0.6) is 5.88 Å². The number of hydrogen-bond acceptors (Lipinski definition) is 6. The van der Waals surface area contributed by atoms with E-state index >= 15 is 0 Å². The Morgan fingerprint density at radius 2 is 1.93 bits per heavy atom. The Hall–Kier alpha value is -2.45. The summed E-state index contributed by atoms with van der Waals surface area (Å²) in [5.41, 5.74) is 4.09. The van der Waals surface area contributed by atoms with Gasteiger partial charge in [-0.3, -0.25) is 9.69 Å². The standard InChI is InChI=1S/C22H21BrN4O2S/c1-4-13-6-8-14(9-7-13)21-27(18(28)5-2)17-11-10-15(23)12-16(17)19-20(29-21)24-22(30-3)26-25-19/h6-12,21H,4-5H2,1-3H3/t21-/m1/s1. The maximum atomic E-state index is 13.1. The minimum absolute atomic E-state index is 0.0472. The lowest BCUT2D eigenvalue weighted by molar-refractivity contribution is -0.120. The van der Waals surface area contributed by atoms with Gasteiger partial charge >= 0.3 is 0 Å². The van der Waals surface area contributed by atoms with Crippen LogP contribution in [0.4, 0.5) is 5.69 Å². The maximum Gasteiger partial charge on any atom is 0.247 e. The second kappa shape index (κ2) is 8.73. The number of halogens is 1. The number of ether oxygens (including phenoxy) is 1. The summed E-state index contributed by atoms with van der Waals surface area (Å²) in [5, 5.41) is 9.10. The van der Waals surface area contributed by atoms with Crippen molar-refractivity contribution >= 4 is 39.3 Å². The fourth-order valence-electron chi connectivity index (χ4n) is 3.40. The van der Waals surface area contributed by atoms with E-state index in [1.165, 1.54) is 17.3 Å². The molecule has 0 spiro atoms. The highest BCUT2D eigenvalue weighted by Crippen LogP contribution is 2.44. The van der Waals surface area contributed by atoms with Gasteiger partial charge in [-0.15, -0.1) is 10.2 Å². The first kappa shape index (κ1) is 20.8. The lowest BCUT2D eigenvalue weighted by Crippen LogP contribution is -2.37. The molecule has 0 saturated heterocycles. The molecular weight excluding hydrogens is 464 g/mol. The van der Waals surface area contributed by atoms with Crippen molar-refractivity contribution in [3.63, 3.8) is 0 Å². The zero-order valence-corrected chi connectivity index (χ0v) is 19.3. The Bertz CT molecular complexity index is 1090. The molecular formula is C22H21BrN4O2S. The fourth-order valence-corrected chi connectivity index (χ4v) is 4.06. The predicted octanol–water partition coefficient (Wildman–Crippen LogP) is 5.42. The number of aryl methyl sites for hydroxylation is 1. The Labute approximate surface area is 188 Å². The number of aromatic nitrogens is 3. The van der Waals surface area contributed by atoms with Crippen molar-refractivity contribution in [1.29, 1.82) is 0 Å². The molecule has 0 aliphatic carbocycles. The van der Waals surface area contributed by atoms with Crippen LogP contribution in [0, 0.1) is 0 Å². The Morgan fingerprint density at radius 3 is 2.60 bits per heavy atom. The van der Waals surface area contributed by atoms with Crippen LogP contribution in [-0.4, -0.2) is 27.3 Å². The third kappa shape index (κ3) is 3.81. The molecule has 1 amide bonds. The average molecular weight is 485 g/mol. The van der Waals surface area contributed by atoms with Crippen molar-refractivity contribution in [3.8, 4) is 17.1 Å². The number of fused-ring (bicyclic) bond motifs is 3. The Morgan fingerprint density at radius 1 is 1.17 bits per heavy atom. The molecule has 0 unspecified atom stereocenters. The highest BCUT2D eigenvalue weighted by atomic mass is 79.9. The molecule has 0 bridgehead atoms. The molecule has 30 heavy (non-hydrogen) atoms. The van der Waals surface area contributed by atoms with E-state index in [0.29, 0.717) is 23.2 Å². The minimum Gasteiger partial charge on any atom is -0.447 e. The van der Waals surface area contributed by atoms with Gasteiger partial charge in [0.15, 0.2) is 5.69 Å². The summed E-state index contributed by atoms with van der Waals surface area (Å²) in [6.45, 7) is 3.96. The molecule has 2 heterocycles. The topological polar surface area (TPSA) is 68.2 Å². The van der Waals surface area contributed by atoms with Gasteiger partial charge in [0, 0.05) is 22.0 Å². The fraction of sp³-hybridized carbons (Fsp3) is 0.273. The van der Waals surface area contributed by atoms with Gasteiger partial charge < -0.3 is 4.74 Å². The number of amides is 1. The highest BCUT2D eigenvalue weighted by molar-refractivity contribution is 9.10. The van der Waals surface area contributed by atoms with Crippen molar-refractivity contribution < 1.29 is 9.53 Å². The molecule has 154 valence electrons. The quantitative estimate of drug-likeness (QED) is 0.460. The molecule has 1 atom stereocenters. The van der Waals surface area contributed by atoms with Gasteiger partial charge in [-0.25, -0.2) is 0 Å². The lowest BCUT2D eigenvalue weighted by Gasteiger charge is -2.30. The largest absolute Gasteiger partial charge is 0.447 e. The molecule has 1 aromatic heterocycles. The van der Waals surface area contributed by atoms with Crippen molar-refractivity contribution in [2.45, 2.75) is 38.1 Å². The van der Waals surface area contributed by atoms with E-state index in [-0.39, 0.29) is 5.91 Å². The van der Waals surface area contributed by atoms with Gasteiger partial charge in [0.1, 0.15) is 0 Å². The van der Waals surface area contributed by atoms with Crippen molar-refractivity contribution in [1.82, 2.24) is 15.2 Å². The number of carbonyl (C=O) groups is 1. The first-order valence-corrected chi connectivity index (χ1v) is 11.7. The minimum atomic E-state index is -0.657. The second-order valence-corrected chi connectivity index (χ2v) is 8.49. The number of anilines is 1. The zero-order valence-electron chi connectivity index (χ0n) is 16.9. The molecule has 1 aliphatic rings. The lowest BCUT2D eigenvalue weighted by atomic mass is 10.1. The Kier molecular flexibility index (Phi) is 6.06. The van der Waals surface area contributed by atoms with Crippen LogP contribution < -0.4 is 9.64 Å². The van der Waals surface area contributed by atoms with Gasteiger partial charge in [0.05, 0.1) is 5.69 Å². The molecule has 0 radical (unpaired) electrons. The predicted molar refractivity (Wildman–Crippen MR) is 122 cm³/mol. The summed E-state index contributed by atoms with van der Waals surface area (Å²) in [7, 11) is 0. The third-order valence-electron chi connectivity index (χ3n) is 4.99. The summed E-state index contributed by atoms with van der Waals surface area (Å²) in [6.07, 6.45) is 2.51. The van der Waals surface area contributed by atoms with E-state index in [1.807, 2.05) is 43.5 Å². The van der Waals surface area contributed by atoms with Gasteiger partial charge in [0.25, 0.3) is 0 Å². The molecule has 4 rings (SSSR count). The van der Waals surface area contributed by atoms with E-state index in [4.69, 9.17) is 4.74 Å². The van der Waals surface area contributed by atoms with Gasteiger partial charge in [0.2, 0.25) is 23.2 Å². The van der Waals surface area contributed by atoms with Crippen molar-refractivity contribution in [2.75, 3.05) is 11.2 Å². The maximum absolute atomic E-state index is 13.1. The van der Waals surface area contributed by atoms with E-state index in [9.17, 15) is 4.79 Å². The summed E-state index contributed by atoms with van der Waals surface area (Å²) in [6, 6.07) is 13.9. The summed E-state index contributed by atoms with van der Waals surface area (Å²) in [5.74, 6) is 0.318. The van der Waals surface area contributed by atoms with Crippen LogP contribution >= 0.6 is 27.7 Å². The molecule has 0 N–H and O–H groups in total. The zero-order chi connectivity index (χ0) is 21.3. The molecule has 1 aliphatic heterocycles. The molecule has 0 saturated carbocycles. The number of rotatable bonds is 4. The normalized spacial score (nSPS) is 15.1. The van der Waals surface area contributed by atoms with Gasteiger partial charge in [-0.05, 0) is 36.4 Å². The highest BCUT2D eigenvalue weighted by Gasteiger charge is 2.35. The molecule has 2 aromatic carbocycles. The first-order chi connectivity index (χ1) is 14.5. The molecule has 0 fully saturated rings. The molecule has 6 nitrogen and oxygen atoms in total. The van der Waals surface area contributed by atoms with E-state index in [2.05, 4.69) is 50.2 Å². The molecule has 8 heteroatoms. The number of hydrogen-bond donors (Lipinski definition) is 0. The number of benzene rings is 2. The second-order valence-electron chi connectivity index (χ2n) is 6.80. The van der Waals surface area contributed by atoms with Crippen LogP contribution in [0.25, 0.3) is 11.3 Å². The number of nitrogens with zero attached hydrogens (tertiary/aromatic N) is 4. The molecule has 3 aromatic rings. The van der Waals surface area contributed by atoms with Crippen molar-refractivity contribution in [2.24, 2.45) is 0 Å². The summed E-state index contributed by atoms with van der Waals surface area (Å²) >= 11 is 4.92.